The lowest BCUT2D eigenvalue weighted by molar-refractivity contribution is -0.125. The number of hydrogen-bond donors (Lipinski definition) is 1. The van der Waals surface area contributed by atoms with E-state index in [1.807, 2.05) is 42.5 Å². The molecule has 2 heterocycles. The Bertz CT molecular complexity index is 1100. The van der Waals surface area contributed by atoms with Gasteiger partial charge in [0.25, 0.3) is 0 Å². The van der Waals surface area contributed by atoms with E-state index < -0.39 is 0 Å². The van der Waals surface area contributed by atoms with Crippen molar-refractivity contribution in [1.29, 1.82) is 0 Å². The average molecular weight is 447 g/mol. The van der Waals surface area contributed by atoms with Gasteiger partial charge in [0.15, 0.2) is 5.82 Å². The van der Waals surface area contributed by atoms with Crippen molar-refractivity contribution >= 4 is 11.7 Å². The molecule has 7 heteroatoms. The van der Waals surface area contributed by atoms with Crippen LogP contribution in [0.15, 0.2) is 54.6 Å². The van der Waals surface area contributed by atoms with E-state index in [4.69, 9.17) is 9.47 Å². The molecule has 0 aliphatic carbocycles. The topological polar surface area (TPSA) is 76.6 Å². The van der Waals surface area contributed by atoms with Gasteiger partial charge in [0.2, 0.25) is 5.91 Å². The molecule has 2 aromatic carbocycles. The SMILES string of the molecule is COc1ccc(CNC(=O)[C@H]2CCCN(c3ccc(-c4ccccc4C)nn3)C2)c(OC)c1. The second kappa shape index (κ2) is 10.3. The number of carbonyl (C=O) groups is 1. The molecule has 0 unspecified atom stereocenters. The van der Waals surface area contributed by atoms with Crippen LogP contribution < -0.4 is 19.7 Å². The Morgan fingerprint density at radius 3 is 2.67 bits per heavy atom. The normalized spacial score (nSPS) is 15.7. The highest BCUT2D eigenvalue weighted by Crippen LogP contribution is 2.26. The van der Waals surface area contributed by atoms with Crippen LogP contribution in [0.2, 0.25) is 0 Å². The highest BCUT2D eigenvalue weighted by atomic mass is 16.5. The summed E-state index contributed by atoms with van der Waals surface area (Å²) in [5, 5.41) is 12.0. The number of piperidine rings is 1. The van der Waals surface area contributed by atoms with Crippen molar-refractivity contribution < 1.29 is 14.3 Å². The van der Waals surface area contributed by atoms with Gasteiger partial charge in [-0.15, -0.1) is 10.2 Å². The van der Waals surface area contributed by atoms with Gasteiger partial charge >= 0.3 is 0 Å². The standard InChI is InChI=1S/C26H30N4O3/c1-18-7-4-5-9-22(18)23-12-13-25(29-28-23)30-14-6-8-20(17-30)26(31)27-16-19-10-11-21(32-2)15-24(19)33-3/h4-5,7,9-13,15,20H,6,8,14,16-17H2,1-3H3,(H,27,31)/t20-/m0/s1. The fraction of sp³-hybridized carbons (Fsp3) is 0.346. The van der Waals surface area contributed by atoms with Gasteiger partial charge in [-0.2, -0.15) is 0 Å². The van der Waals surface area contributed by atoms with Crippen LogP contribution in [-0.2, 0) is 11.3 Å². The lowest BCUT2D eigenvalue weighted by Gasteiger charge is -2.32. The summed E-state index contributed by atoms with van der Waals surface area (Å²) in [7, 11) is 3.23. The average Bonchev–Trinajstić information content (AvgIpc) is 2.87. The van der Waals surface area contributed by atoms with Crippen LogP contribution in [0.1, 0.15) is 24.0 Å². The van der Waals surface area contributed by atoms with E-state index in [1.165, 1.54) is 5.56 Å². The maximum absolute atomic E-state index is 12.9. The summed E-state index contributed by atoms with van der Waals surface area (Å²) in [5.41, 5.74) is 4.03. The first-order valence-corrected chi connectivity index (χ1v) is 11.2. The Hall–Kier alpha value is -3.61. The van der Waals surface area contributed by atoms with Crippen molar-refractivity contribution in [1.82, 2.24) is 15.5 Å². The molecular formula is C26H30N4O3. The third kappa shape index (κ3) is 5.25. The van der Waals surface area contributed by atoms with Crippen molar-refractivity contribution in [3.05, 3.63) is 65.7 Å². The minimum Gasteiger partial charge on any atom is -0.497 e. The van der Waals surface area contributed by atoms with E-state index in [2.05, 4.69) is 39.5 Å². The number of hydrogen-bond acceptors (Lipinski definition) is 6. The fourth-order valence-corrected chi connectivity index (χ4v) is 4.22. The number of aromatic nitrogens is 2. The first-order chi connectivity index (χ1) is 16.1. The van der Waals surface area contributed by atoms with Gasteiger partial charge in [0, 0.05) is 36.8 Å². The van der Waals surface area contributed by atoms with Gasteiger partial charge in [-0.1, -0.05) is 24.3 Å². The van der Waals surface area contributed by atoms with Gasteiger partial charge in [-0.25, -0.2) is 0 Å². The molecule has 1 aliphatic rings. The quantitative estimate of drug-likeness (QED) is 0.591. The van der Waals surface area contributed by atoms with Crippen LogP contribution in [0.4, 0.5) is 5.82 Å². The molecule has 0 saturated carbocycles. The maximum atomic E-state index is 12.9. The molecule has 7 nitrogen and oxygen atoms in total. The second-order valence-electron chi connectivity index (χ2n) is 8.27. The summed E-state index contributed by atoms with van der Waals surface area (Å²) in [6, 6.07) is 17.8. The van der Waals surface area contributed by atoms with Crippen LogP contribution in [0.25, 0.3) is 11.3 Å². The highest BCUT2D eigenvalue weighted by Gasteiger charge is 2.27. The van der Waals surface area contributed by atoms with E-state index in [-0.39, 0.29) is 11.8 Å². The molecular weight excluding hydrogens is 416 g/mol. The van der Waals surface area contributed by atoms with Crippen LogP contribution in [0.5, 0.6) is 11.5 Å². The van der Waals surface area contributed by atoms with Gasteiger partial charge in [-0.3, -0.25) is 4.79 Å². The lowest BCUT2D eigenvalue weighted by atomic mass is 9.97. The summed E-state index contributed by atoms with van der Waals surface area (Å²) >= 11 is 0. The fourth-order valence-electron chi connectivity index (χ4n) is 4.22. The number of amides is 1. The molecule has 1 amide bonds. The Kier molecular flexibility index (Phi) is 7.07. The third-order valence-corrected chi connectivity index (χ3v) is 6.13. The number of anilines is 1. The van der Waals surface area contributed by atoms with Gasteiger partial charge in [-0.05, 0) is 49.6 Å². The van der Waals surface area contributed by atoms with Crippen molar-refractivity contribution in [3.8, 4) is 22.8 Å². The molecule has 0 bridgehead atoms. The Labute approximate surface area is 194 Å². The predicted octanol–water partition coefficient (Wildman–Crippen LogP) is 4.00. The second-order valence-corrected chi connectivity index (χ2v) is 8.27. The van der Waals surface area contributed by atoms with Gasteiger partial charge < -0.3 is 19.7 Å². The van der Waals surface area contributed by atoms with Crippen molar-refractivity contribution in [2.45, 2.75) is 26.3 Å². The van der Waals surface area contributed by atoms with E-state index >= 15 is 0 Å². The molecule has 1 atom stereocenters. The molecule has 1 fully saturated rings. The first kappa shape index (κ1) is 22.6. The molecule has 0 radical (unpaired) electrons. The zero-order valence-electron chi connectivity index (χ0n) is 19.4. The number of nitrogens with zero attached hydrogens (tertiary/aromatic N) is 3. The van der Waals surface area contributed by atoms with Gasteiger partial charge in [0.05, 0.1) is 25.8 Å². The summed E-state index contributed by atoms with van der Waals surface area (Å²) in [4.78, 5) is 15.1. The number of carbonyl (C=O) groups excluding carboxylic acids is 1. The van der Waals surface area contributed by atoms with E-state index in [1.54, 1.807) is 14.2 Å². The number of methoxy groups -OCH3 is 2. The predicted molar refractivity (Wildman–Crippen MR) is 129 cm³/mol. The zero-order chi connectivity index (χ0) is 23.2. The van der Waals surface area contributed by atoms with Crippen molar-refractivity contribution in [2.24, 2.45) is 5.92 Å². The molecule has 4 rings (SSSR count). The number of ether oxygens (including phenoxy) is 2. The maximum Gasteiger partial charge on any atom is 0.225 e. The van der Waals surface area contributed by atoms with Crippen LogP contribution in [-0.4, -0.2) is 43.4 Å². The zero-order valence-corrected chi connectivity index (χ0v) is 19.4. The molecule has 0 spiro atoms. The molecule has 1 aliphatic heterocycles. The van der Waals surface area contributed by atoms with E-state index in [9.17, 15) is 4.79 Å². The first-order valence-electron chi connectivity index (χ1n) is 11.2. The Balaban J connectivity index is 1.38. The molecule has 1 saturated heterocycles. The summed E-state index contributed by atoms with van der Waals surface area (Å²) in [6.07, 6.45) is 1.79. The minimum absolute atomic E-state index is 0.0436. The lowest BCUT2D eigenvalue weighted by Crippen LogP contribution is -2.43. The smallest absolute Gasteiger partial charge is 0.225 e. The third-order valence-electron chi connectivity index (χ3n) is 6.13. The number of benzene rings is 2. The van der Waals surface area contributed by atoms with E-state index in [0.717, 1.165) is 47.8 Å². The van der Waals surface area contributed by atoms with Crippen LogP contribution >= 0.6 is 0 Å². The highest BCUT2D eigenvalue weighted by molar-refractivity contribution is 5.79. The molecule has 33 heavy (non-hydrogen) atoms. The monoisotopic (exact) mass is 446 g/mol. The molecule has 3 aromatic rings. The number of rotatable bonds is 7. The largest absolute Gasteiger partial charge is 0.497 e. The van der Waals surface area contributed by atoms with Crippen molar-refractivity contribution in [3.63, 3.8) is 0 Å². The molecule has 172 valence electrons. The molecule has 1 aromatic heterocycles. The summed E-state index contributed by atoms with van der Waals surface area (Å²) < 4.78 is 10.7. The van der Waals surface area contributed by atoms with Crippen LogP contribution in [0.3, 0.4) is 0 Å². The molecule has 1 N–H and O–H groups in total. The number of nitrogens with one attached hydrogen (secondary N) is 1. The summed E-state index contributed by atoms with van der Waals surface area (Å²) in [5.74, 6) is 2.17. The minimum atomic E-state index is -0.0964. The van der Waals surface area contributed by atoms with Crippen molar-refractivity contribution in [2.75, 3.05) is 32.2 Å². The number of aryl methyl sites for hydroxylation is 1. The Morgan fingerprint density at radius 1 is 1.09 bits per heavy atom. The van der Waals surface area contributed by atoms with E-state index in [0.29, 0.717) is 18.8 Å². The van der Waals surface area contributed by atoms with Crippen LogP contribution in [0, 0.1) is 12.8 Å². The Morgan fingerprint density at radius 2 is 1.94 bits per heavy atom. The van der Waals surface area contributed by atoms with Gasteiger partial charge in [0.1, 0.15) is 11.5 Å². The summed E-state index contributed by atoms with van der Waals surface area (Å²) in [6.45, 7) is 3.98.